The number of halogens is 1. The molecule has 4 amide bonds. The second-order valence-corrected chi connectivity index (χ2v) is 8.80. The molecule has 0 saturated carbocycles. The van der Waals surface area contributed by atoms with Gasteiger partial charge in [0.05, 0.1) is 0 Å². The third-order valence-corrected chi connectivity index (χ3v) is 5.04. The van der Waals surface area contributed by atoms with Gasteiger partial charge in [-0.15, -0.1) is 0 Å². The third-order valence-electron chi connectivity index (χ3n) is 5.04. The molecule has 1 aromatic rings. The van der Waals surface area contributed by atoms with Gasteiger partial charge in [0.15, 0.2) is 0 Å². The molecule has 1 aliphatic heterocycles. The first-order valence-corrected chi connectivity index (χ1v) is 10.5. The van der Waals surface area contributed by atoms with Crippen molar-refractivity contribution in [2.45, 2.75) is 46.5 Å². The summed E-state index contributed by atoms with van der Waals surface area (Å²) in [5.41, 5.74) is -0.0376. The number of carbonyl (C=O) groups excluding carboxylic acids is 3. The van der Waals surface area contributed by atoms with Gasteiger partial charge in [0, 0.05) is 43.7 Å². The molecule has 1 fully saturated rings. The molecule has 1 aromatic carbocycles. The Bertz CT molecular complexity index is 748. The van der Waals surface area contributed by atoms with Crippen LogP contribution in [0.1, 0.15) is 46.5 Å². The normalized spacial score (nSPS) is 16.7. The van der Waals surface area contributed by atoms with Crippen LogP contribution in [0.3, 0.4) is 0 Å². The van der Waals surface area contributed by atoms with Crippen molar-refractivity contribution in [2.75, 3.05) is 31.5 Å². The Labute approximate surface area is 177 Å². The number of rotatable bonds is 7. The lowest BCUT2D eigenvalue weighted by Crippen LogP contribution is -2.44. The summed E-state index contributed by atoms with van der Waals surface area (Å²) < 4.78 is 13.2. The van der Waals surface area contributed by atoms with Gasteiger partial charge in [-0.05, 0) is 43.4 Å². The van der Waals surface area contributed by atoms with Crippen molar-refractivity contribution >= 4 is 23.5 Å². The molecule has 0 aliphatic carbocycles. The van der Waals surface area contributed by atoms with Gasteiger partial charge >= 0.3 is 6.03 Å². The molecule has 2 rings (SSSR count). The van der Waals surface area contributed by atoms with Gasteiger partial charge in [0.25, 0.3) is 0 Å². The molecule has 1 atom stereocenters. The summed E-state index contributed by atoms with van der Waals surface area (Å²) >= 11 is 0. The van der Waals surface area contributed by atoms with E-state index < -0.39 is 17.3 Å². The Morgan fingerprint density at radius 1 is 1.20 bits per heavy atom. The average molecular weight is 421 g/mol. The van der Waals surface area contributed by atoms with Crippen molar-refractivity contribution in [3.05, 3.63) is 30.1 Å². The van der Waals surface area contributed by atoms with Crippen LogP contribution in [-0.2, 0) is 9.59 Å². The largest absolute Gasteiger partial charge is 0.356 e. The molecule has 166 valence electrons. The number of nitrogens with one attached hydrogen (secondary N) is 3. The molecule has 1 heterocycles. The smallest absolute Gasteiger partial charge is 0.319 e. The van der Waals surface area contributed by atoms with Gasteiger partial charge < -0.3 is 20.9 Å². The fourth-order valence-corrected chi connectivity index (χ4v) is 3.30. The molecule has 1 unspecified atom stereocenters. The van der Waals surface area contributed by atoms with Crippen molar-refractivity contribution in [3.8, 4) is 0 Å². The predicted octanol–water partition coefficient (Wildman–Crippen LogP) is 3.13. The van der Waals surface area contributed by atoms with Crippen LogP contribution in [0.4, 0.5) is 14.9 Å². The number of nitrogens with zero attached hydrogens (tertiary/aromatic N) is 1. The SMILES string of the molecule is CC(C)(C)C(=O)NCCCC(=O)N1CCCC(CNC(=O)Nc2cccc(F)c2)C1. The minimum absolute atomic E-state index is 0.0180. The highest BCUT2D eigenvalue weighted by Crippen LogP contribution is 2.17. The summed E-state index contributed by atoms with van der Waals surface area (Å²) in [6, 6.07) is 5.33. The minimum Gasteiger partial charge on any atom is -0.356 e. The Balaban J connectivity index is 1.68. The predicted molar refractivity (Wildman–Crippen MR) is 114 cm³/mol. The van der Waals surface area contributed by atoms with Gasteiger partial charge in [-0.25, -0.2) is 9.18 Å². The van der Waals surface area contributed by atoms with Crippen LogP contribution in [0, 0.1) is 17.2 Å². The van der Waals surface area contributed by atoms with Gasteiger partial charge in [0.1, 0.15) is 5.82 Å². The fourth-order valence-electron chi connectivity index (χ4n) is 3.30. The first-order valence-electron chi connectivity index (χ1n) is 10.5. The highest BCUT2D eigenvalue weighted by atomic mass is 19.1. The van der Waals surface area contributed by atoms with Crippen molar-refractivity contribution in [3.63, 3.8) is 0 Å². The standard InChI is InChI=1S/C22H33FN4O3/c1-22(2,3)20(29)24-11-5-10-19(28)27-12-6-7-16(15-27)14-25-21(30)26-18-9-4-8-17(23)13-18/h4,8-9,13,16H,5-7,10-12,14-15H2,1-3H3,(H,24,29)(H2,25,26,30). The van der Waals surface area contributed by atoms with Gasteiger partial charge in [0.2, 0.25) is 11.8 Å². The quantitative estimate of drug-likeness (QED) is 0.592. The van der Waals surface area contributed by atoms with Crippen LogP contribution >= 0.6 is 0 Å². The number of hydrogen-bond acceptors (Lipinski definition) is 3. The summed E-state index contributed by atoms with van der Waals surface area (Å²) in [6.45, 7) is 7.83. The van der Waals surface area contributed by atoms with Crippen LogP contribution in [0.2, 0.25) is 0 Å². The second-order valence-electron chi connectivity index (χ2n) is 8.80. The fraction of sp³-hybridized carbons (Fsp3) is 0.591. The number of anilines is 1. The van der Waals surface area contributed by atoms with E-state index in [-0.39, 0.29) is 17.7 Å². The van der Waals surface area contributed by atoms with E-state index in [0.717, 1.165) is 19.4 Å². The van der Waals surface area contributed by atoms with Gasteiger partial charge in [-0.3, -0.25) is 9.59 Å². The zero-order chi connectivity index (χ0) is 22.1. The summed E-state index contributed by atoms with van der Waals surface area (Å²) in [7, 11) is 0. The van der Waals surface area contributed by atoms with Crippen LogP contribution in [-0.4, -0.2) is 48.9 Å². The Kier molecular flexibility index (Phi) is 8.62. The molecule has 1 aliphatic rings. The van der Waals surface area contributed by atoms with Crippen molar-refractivity contribution < 1.29 is 18.8 Å². The number of amides is 4. The zero-order valence-electron chi connectivity index (χ0n) is 18.1. The molecule has 8 heteroatoms. The number of benzene rings is 1. The van der Waals surface area contributed by atoms with E-state index in [4.69, 9.17) is 0 Å². The van der Waals surface area contributed by atoms with Crippen molar-refractivity contribution in [1.82, 2.24) is 15.5 Å². The Morgan fingerprint density at radius 3 is 2.67 bits per heavy atom. The zero-order valence-corrected chi connectivity index (χ0v) is 18.1. The lowest BCUT2D eigenvalue weighted by molar-refractivity contribution is -0.133. The molecule has 0 aromatic heterocycles. The molecule has 0 spiro atoms. The van der Waals surface area contributed by atoms with Crippen LogP contribution in [0.5, 0.6) is 0 Å². The lowest BCUT2D eigenvalue weighted by atomic mass is 9.95. The summed E-state index contributed by atoms with van der Waals surface area (Å²) in [5.74, 6) is -0.168. The molecule has 30 heavy (non-hydrogen) atoms. The molecule has 0 radical (unpaired) electrons. The molecular weight excluding hydrogens is 387 g/mol. The van der Waals surface area contributed by atoms with Crippen molar-refractivity contribution in [1.29, 1.82) is 0 Å². The first kappa shape index (κ1) is 23.6. The topological polar surface area (TPSA) is 90.5 Å². The lowest BCUT2D eigenvalue weighted by Gasteiger charge is -2.33. The Hall–Kier alpha value is -2.64. The minimum atomic E-state index is -0.432. The molecule has 7 nitrogen and oxygen atoms in total. The summed E-state index contributed by atoms with van der Waals surface area (Å²) in [6.07, 6.45) is 2.83. The van der Waals surface area contributed by atoms with Gasteiger partial charge in [-0.1, -0.05) is 26.8 Å². The van der Waals surface area contributed by atoms with E-state index in [1.165, 1.54) is 18.2 Å². The average Bonchev–Trinajstić information content (AvgIpc) is 2.69. The number of piperidine rings is 1. The highest BCUT2D eigenvalue weighted by Gasteiger charge is 2.24. The maximum absolute atomic E-state index is 13.2. The monoisotopic (exact) mass is 420 g/mol. The maximum atomic E-state index is 13.2. The van der Waals surface area contributed by atoms with Crippen LogP contribution in [0.25, 0.3) is 0 Å². The van der Waals surface area contributed by atoms with E-state index in [9.17, 15) is 18.8 Å². The number of hydrogen-bond donors (Lipinski definition) is 3. The number of likely N-dealkylation sites (tertiary alicyclic amines) is 1. The van der Waals surface area contributed by atoms with Crippen LogP contribution < -0.4 is 16.0 Å². The summed E-state index contributed by atoms with van der Waals surface area (Å²) in [4.78, 5) is 38.2. The summed E-state index contributed by atoms with van der Waals surface area (Å²) in [5, 5.41) is 8.26. The molecule has 0 bridgehead atoms. The second kappa shape index (κ2) is 10.9. The highest BCUT2D eigenvalue weighted by molar-refractivity contribution is 5.89. The van der Waals surface area contributed by atoms with E-state index in [1.807, 2.05) is 25.7 Å². The third kappa shape index (κ3) is 8.00. The maximum Gasteiger partial charge on any atom is 0.319 e. The molecule has 1 saturated heterocycles. The van der Waals surface area contributed by atoms with Gasteiger partial charge in [-0.2, -0.15) is 0 Å². The van der Waals surface area contributed by atoms with Crippen LogP contribution in [0.15, 0.2) is 24.3 Å². The van der Waals surface area contributed by atoms with Crippen molar-refractivity contribution in [2.24, 2.45) is 11.3 Å². The van der Waals surface area contributed by atoms with E-state index in [2.05, 4.69) is 16.0 Å². The number of carbonyl (C=O) groups is 3. The van der Waals surface area contributed by atoms with E-state index in [0.29, 0.717) is 38.2 Å². The first-order chi connectivity index (χ1) is 14.1. The molecule has 3 N–H and O–H groups in total. The number of urea groups is 1. The molecular formula is C22H33FN4O3. The van der Waals surface area contributed by atoms with E-state index in [1.54, 1.807) is 6.07 Å². The Morgan fingerprint density at radius 2 is 1.97 bits per heavy atom. The van der Waals surface area contributed by atoms with E-state index >= 15 is 0 Å².